The molecule has 4 aromatic rings. The zero-order chi connectivity index (χ0) is 18.1. The lowest BCUT2D eigenvalue weighted by Gasteiger charge is -2.09. The molecule has 26 heavy (non-hydrogen) atoms. The molecule has 0 aliphatic carbocycles. The highest BCUT2D eigenvalue weighted by Gasteiger charge is 2.17. The van der Waals surface area contributed by atoms with Gasteiger partial charge in [-0.15, -0.1) is 11.3 Å². The van der Waals surface area contributed by atoms with Crippen LogP contribution in [-0.4, -0.2) is 25.2 Å². The Kier molecular flexibility index (Phi) is 4.14. The predicted octanol–water partition coefficient (Wildman–Crippen LogP) is 3.90. The van der Waals surface area contributed by atoms with E-state index in [9.17, 15) is 4.79 Å². The smallest absolute Gasteiger partial charge is 0.261 e. The van der Waals surface area contributed by atoms with Crippen LogP contribution in [0.5, 0.6) is 0 Å². The number of hydrogen-bond acceptors (Lipinski definition) is 4. The first-order valence-electron chi connectivity index (χ1n) is 8.11. The van der Waals surface area contributed by atoms with Gasteiger partial charge in [0.2, 0.25) is 0 Å². The summed E-state index contributed by atoms with van der Waals surface area (Å²) in [4.78, 5) is 17.3. The van der Waals surface area contributed by atoms with E-state index in [-0.39, 0.29) is 5.91 Å². The highest BCUT2D eigenvalue weighted by molar-refractivity contribution is 7.09. The molecular formula is C19H17N5OS. The molecule has 130 valence electrons. The Morgan fingerprint density at radius 1 is 1.19 bits per heavy atom. The number of nitrogens with zero attached hydrogens (tertiary/aromatic N) is 4. The van der Waals surface area contributed by atoms with E-state index in [1.807, 2.05) is 72.7 Å². The van der Waals surface area contributed by atoms with Crippen molar-refractivity contribution in [2.75, 3.05) is 5.32 Å². The molecule has 3 heterocycles. The molecular weight excluding hydrogens is 346 g/mol. The third-order valence-corrected chi connectivity index (χ3v) is 4.81. The second kappa shape index (κ2) is 6.61. The molecule has 0 bridgehead atoms. The lowest BCUT2D eigenvalue weighted by molar-refractivity contribution is 0.102. The quantitative estimate of drug-likeness (QED) is 0.598. The molecule has 0 spiro atoms. The summed E-state index contributed by atoms with van der Waals surface area (Å²) < 4.78 is 3.56. The Morgan fingerprint density at radius 3 is 2.73 bits per heavy atom. The van der Waals surface area contributed by atoms with Gasteiger partial charge in [-0.25, -0.2) is 4.98 Å². The van der Waals surface area contributed by atoms with Gasteiger partial charge in [0.05, 0.1) is 16.9 Å². The number of aryl methyl sites for hydroxylation is 2. The van der Waals surface area contributed by atoms with Crippen LogP contribution in [0.15, 0.2) is 60.4 Å². The number of hydrogen-bond donors (Lipinski definition) is 1. The van der Waals surface area contributed by atoms with E-state index >= 15 is 0 Å². The van der Waals surface area contributed by atoms with Gasteiger partial charge >= 0.3 is 0 Å². The molecule has 1 aromatic carbocycles. The van der Waals surface area contributed by atoms with E-state index in [4.69, 9.17) is 0 Å². The van der Waals surface area contributed by atoms with Crippen LogP contribution >= 0.6 is 11.3 Å². The van der Waals surface area contributed by atoms with Gasteiger partial charge < -0.3 is 9.88 Å². The maximum absolute atomic E-state index is 12.8. The third-order valence-electron chi connectivity index (χ3n) is 4.04. The summed E-state index contributed by atoms with van der Waals surface area (Å²) in [6.45, 7) is 1.98. The van der Waals surface area contributed by atoms with Gasteiger partial charge in [-0.2, -0.15) is 5.10 Å². The fraction of sp³-hybridized carbons (Fsp3) is 0.105. The average Bonchev–Trinajstić information content (AvgIpc) is 3.35. The lowest BCUT2D eigenvalue weighted by atomic mass is 10.1. The molecule has 0 aliphatic rings. The van der Waals surface area contributed by atoms with E-state index in [1.54, 1.807) is 22.2 Å². The molecule has 0 atom stereocenters. The van der Waals surface area contributed by atoms with E-state index in [0.717, 1.165) is 27.8 Å². The molecule has 0 fully saturated rings. The number of nitrogens with one attached hydrogen (secondary N) is 1. The SMILES string of the molecule is Cc1nc(-c2cccc(NC(=O)c3cnn(C)c3-n3cccc3)c2)cs1. The first kappa shape index (κ1) is 16.3. The number of rotatable bonds is 4. The highest BCUT2D eigenvalue weighted by atomic mass is 32.1. The largest absolute Gasteiger partial charge is 0.322 e. The molecule has 0 aliphatic heterocycles. The molecule has 3 aromatic heterocycles. The van der Waals surface area contributed by atoms with Crippen molar-refractivity contribution in [1.29, 1.82) is 0 Å². The second-order valence-electron chi connectivity index (χ2n) is 5.88. The van der Waals surface area contributed by atoms with Crippen molar-refractivity contribution in [1.82, 2.24) is 19.3 Å². The number of carbonyl (C=O) groups is 1. The van der Waals surface area contributed by atoms with Gasteiger partial charge in [-0.1, -0.05) is 12.1 Å². The van der Waals surface area contributed by atoms with E-state index in [2.05, 4.69) is 15.4 Å². The molecule has 7 heteroatoms. The van der Waals surface area contributed by atoms with Crippen LogP contribution in [0.4, 0.5) is 5.69 Å². The third kappa shape index (κ3) is 3.04. The average molecular weight is 363 g/mol. The molecule has 0 unspecified atom stereocenters. The van der Waals surface area contributed by atoms with Crippen LogP contribution < -0.4 is 5.32 Å². The topological polar surface area (TPSA) is 64.7 Å². The molecule has 1 N–H and O–H groups in total. The maximum Gasteiger partial charge on any atom is 0.261 e. The zero-order valence-electron chi connectivity index (χ0n) is 14.4. The van der Waals surface area contributed by atoms with Crippen molar-refractivity contribution in [3.05, 3.63) is 70.9 Å². The number of benzene rings is 1. The van der Waals surface area contributed by atoms with Crippen molar-refractivity contribution in [2.45, 2.75) is 6.92 Å². The zero-order valence-corrected chi connectivity index (χ0v) is 15.2. The number of thiazole rings is 1. The summed E-state index contributed by atoms with van der Waals surface area (Å²) in [5.41, 5.74) is 3.13. The van der Waals surface area contributed by atoms with Crippen molar-refractivity contribution in [2.24, 2.45) is 7.05 Å². The van der Waals surface area contributed by atoms with Crippen LogP contribution in [0.25, 0.3) is 17.1 Å². The molecule has 0 radical (unpaired) electrons. The highest BCUT2D eigenvalue weighted by Crippen LogP contribution is 2.25. The number of aromatic nitrogens is 4. The number of carbonyl (C=O) groups excluding carboxylic acids is 1. The second-order valence-corrected chi connectivity index (χ2v) is 6.94. The predicted molar refractivity (Wildman–Crippen MR) is 103 cm³/mol. The van der Waals surface area contributed by atoms with Gasteiger partial charge in [-0.3, -0.25) is 9.48 Å². The standard InChI is InChI=1S/C19H17N5OS/c1-13-21-17(12-26-13)14-6-5-7-15(10-14)22-18(25)16-11-20-23(2)19(16)24-8-3-4-9-24/h3-12H,1-2H3,(H,22,25). The fourth-order valence-electron chi connectivity index (χ4n) is 2.82. The Hall–Kier alpha value is -3.19. The van der Waals surface area contributed by atoms with Crippen molar-refractivity contribution >= 4 is 22.9 Å². The summed E-state index contributed by atoms with van der Waals surface area (Å²) >= 11 is 1.61. The first-order valence-corrected chi connectivity index (χ1v) is 8.99. The minimum Gasteiger partial charge on any atom is -0.322 e. The number of anilines is 1. The van der Waals surface area contributed by atoms with Gasteiger partial charge in [0.15, 0.2) is 0 Å². The minimum atomic E-state index is -0.201. The Morgan fingerprint density at radius 2 is 2.00 bits per heavy atom. The summed E-state index contributed by atoms with van der Waals surface area (Å²) in [6, 6.07) is 11.5. The maximum atomic E-state index is 12.8. The summed E-state index contributed by atoms with van der Waals surface area (Å²) in [5, 5.41) is 10.2. The molecule has 6 nitrogen and oxygen atoms in total. The van der Waals surface area contributed by atoms with E-state index in [1.165, 1.54) is 0 Å². The summed E-state index contributed by atoms with van der Waals surface area (Å²) in [6.07, 6.45) is 5.36. The monoisotopic (exact) mass is 363 g/mol. The van der Waals surface area contributed by atoms with Gasteiger partial charge in [-0.05, 0) is 31.2 Å². The van der Waals surface area contributed by atoms with Crippen LogP contribution in [0.1, 0.15) is 15.4 Å². The Bertz CT molecular complexity index is 1060. The minimum absolute atomic E-state index is 0.201. The molecule has 0 saturated carbocycles. The molecule has 0 saturated heterocycles. The Balaban J connectivity index is 1.62. The number of amides is 1. The normalized spacial score (nSPS) is 10.8. The molecule has 4 rings (SSSR count). The van der Waals surface area contributed by atoms with Crippen LogP contribution in [0.2, 0.25) is 0 Å². The van der Waals surface area contributed by atoms with Crippen LogP contribution in [-0.2, 0) is 7.05 Å². The van der Waals surface area contributed by atoms with E-state index in [0.29, 0.717) is 5.56 Å². The molecule has 1 amide bonds. The van der Waals surface area contributed by atoms with Crippen LogP contribution in [0, 0.1) is 6.92 Å². The van der Waals surface area contributed by atoms with Crippen molar-refractivity contribution in [3.63, 3.8) is 0 Å². The summed E-state index contributed by atoms with van der Waals surface area (Å²) in [7, 11) is 1.82. The first-order chi connectivity index (χ1) is 12.6. The fourth-order valence-corrected chi connectivity index (χ4v) is 3.45. The van der Waals surface area contributed by atoms with Gasteiger partial charge in [0.25, 0.3) is 5.91 Å². The van der Waals surface area contributed by atoms with Gasteiger partial charge in [0.1, 0.15) is 11.4 Å². The van der Waals surface area contributed by atoms with Crippen molar-refractivity contribution in [3.8, 4) is 17.1 Å². The lowest BCUT2D eigenvalue weighted by Crippen LogP contribution is -2.15. The van der Waals surface area contributed by atoms with Gasteiger partial charge in [0, 0.05) is 36.1 Å². The summed E-state index contributed by atoms with van der Waals surface area (Å²) in [5.74, 6) is 0.521. The van der Waals surface area contributed by atoms with Crippen LogP contribution in [0.3, 0.4) is 0 Å². The Labute approximate surface area is 154 Å². The van der Waals surface area contributed by atoms with Crippen molar-refractivity contribution < 1.29 is 4.79 Å². The van der Waals surface area contributed by atoms with E-state index < -0.39 is 0 Å².